The van der Waals surface area contributed by atoms with Gasteiger partial charge in [-0.25, -0.2) is 4.39 Å². The van der Waals surface area contributed by atoms with Crippen LogP contribution in [0.5, 0.6) is 5.75 Å². The number of nitrogens with zero attached hydrogens (tertiary/aromatic N) is 2. The molecule has 2 heterocycles. The lowest BCUT2D eigenvalue weighted by molar-refractivity contribution is 0.427. The Hall–Kier alpha value is -1.92. The summed E-state index contributed by atoms with van der Waals surface area (Å²) in [4.78, 5) is 4.64. The Kier molecular flexibility index (Phi) is 2.96. The summed E-state index contributed by atoms with van der Waals surface area (Å²) >= 11 is 6.98. The van der Waals surface area contributed by atoms with Gasteiger partial charge in [-0.2, -0.15) is 4.98 Å². The van der Waals surface area contributed by atoms with Gasteiger partial charge in [-0.1, -0.05) is 16.8 Å². The van der Waals surface area contributed by atoms with Gasteiger partial charge in [-0.15, -0.1) is 11.3 Å². The monoisotopic (exact) mass is 296 g/mol. The van der Waals surface area contributed by atoms with Gasteiger partial charge in [-0.05, 0) is 29.6 Å². The van der Waals surface area contributed by atoms with Crippen LogP contribution in [0.2, 0.25) is 5.02 Å². The number of hydrogen-bond donors (Lipinski definition) is 1. The fourth-order valence-corrected chi connectivity index (χ4v) is 2.42. The zero-order chi connectivity index (χ0) is 13.4. The second kappa shape index (κ2) is 4.64. The summed E-state index contributed by atoms with van der Waals surface area (Å²) in [7, 11) is 0. The number of thiophene rings is 1. The number of hydrogen-bond acceptors (Lipinski definition) is 5. The highest BCUT2D eigenvalue weighted by Gasteiger charge is 2.15. The van der Waals surface area contributed by atoms with E-state index in [0.717, 1.165) is 0 Å². The predicted octanol–water partition coefficient (Wildman–Crippen LogP) is 3.96. The molecule has 1 N–H and O–H groups in total. The van der Waals surface area contributed by atoms with Crippen molar-refractivity contribution in [2.24, 2.45) is 0 Å². The molecule has 4 nitrogen and oxygen atoms in total. The van der Waals surface area contributed by atoms with Crippen LogP contribution in [0, 0.1) is 5.82 Å². The van der Waals surface area contributed by atoms with Gasteiger partial charge < -0.3 is 9.63 Å². The maximum atomic E-state index is 13.1. The first-order valence-corrected chi connectivity index (χ1v) is 6.47. The van der Waals surface area contributed by atoms with E-state index < -0.39 is 5.82 Å². The summed E-state index contributed by atoms with van der Waals surface area (Å²) in [5, 5.41) is 15.1. The normalized spacial score (nSPS) is 10.8. The maximum absolute atomic E-state index is 13.1. The maximum Gasteiger partial charge on any atom is 0.272 e. The van der Waals surface area contributed by atoms with Crippen molar-refractivity contribution in [3.05, 3.63) is 40.5 Å². The van der Waals surface area contributed by atoms with Gasteiger partial charge in [0.05, 0.1) is 5.02 Å². The van der Waals surface area contributed by atoms with E-state index >= 15 is 0 Å². The van der Waals surface area contributed by atoms with Gasteiger partial charge in [0.25, 0.3) is 5.89 Å². The molecule has 7 heteroatoms. The second-order valence-corrected chi connectivity index (χ2v) is 5.01. The van der Waals surface area contributed by atoms with Gasteiger partial charge >= 0.3 is 0 Å². The van der Waals surface area contributed by atoms with Crippen LogP contribution < -0.4 is 0 Å². The Morgan fingerprint density at radius 1 is 1.32 bits per heavy atom. The Labute approximate surface area is 116 Å². The molecule has 0 unspecified atom stereocenters. The number of rotatable bonds is 2. The molecule has 0 aliphatic heterocycles. The van der Waals surface area contributed by atoms with E-state index in [-0.39, 0.29) is 22.5 Å². The van der Waals surface area contributed by atoms with Gasteiger partial charge in [0.2, 0.25) is 5.82 Å². The Bertz CT molecular complexity index is 741. The molecule has 96 valence electrons. The van der Waals surface area contributed by atoms with Crippen LogP contribution in [-0.2, 0) is 0 Å². The van der Waals surface area contributed by atoms with E-state index in [1.54, 1.807) is 11.4 Å². The summed E-state index contributed by atoms with van der Waals surface area (Å²) in [6.45, 7) is 0. The van der Waals surface area contributed by atoms with E-state index in [2.05, 4.69) is 10.1 Å². The van der Waals surface area contributed by atoms with E-state index in [1.807, 2.05) is 0 Å². The number of aromatic hydroxyl groups is 1. The molecule has 3 aromatic rings. The highest BCUT2D eigenvalue weighted by atomic mass is 35.5. The van der Waals surface area contributed by atoms with Crippen LogP contribution in [0.3, 0.4) is 0 Å². The third-order valence-electron chi connectivity index (χ3n) is 2.44. The van der Waals surface area contributed by atoms with E-state index in [4.69, 9.17) is 16.1 Å². The van der Waals surface area contributed by atoms with Crippen molar-refractivity contribution in [1.82, 2.24) is 10.1 Å². The minimum Gasteiger partial charge on any atom is -0.506 e. The Morgan fingerprint density at radius 2 is 2.16 bits per heavy atom. The first kappa shape index (κ1) is 12.1. The first-order valence-electron chi connectivity index (χ1n) is 5.21. The molecule has 3 rings (SSSR count). The largest absolute Gasteiger partial charge is 0.506 e. The first-order chi connectivity index (χ1) is 9.15. The summed E-state index contributed by atoms with van der Waals surface area (Å²) in [5.74, 6) is 0.0648. The fraction of sp³-hybridized carbons (Fsp3) is 0. The van der Waals surface area contributed by atoms with E-state index in [9.17, 15) is 9.50 Å². The molecule has 0 aliphatic rings. The van der Waals surface area contributed by atoms with Crippen LogP contribution >= 0.6 is 22.9 Å². The van der Waals surface area contributed by atoms with Crippen LogP contribution in [0.4, 0.5) is 4.39 Å². The SMILES string of the molecule is Oc1ccsc1-c1nc(-c2ccc(F)c(Cl)c2)no1. The molecule has 2 aromatic heterocycles. The molecule has 0 radical (unpaired) electrons. The lowest BCUT2D eigenvalue weighted by Crippen LogP contribution is -1.83. The van der Waals surface area contributed by atoms with Crippen LogP contribution in [0.25, 0.3) is 22.2 Å². The molecule has 19 heavy (non-hydrogen) atoms. The highest BCUT2D eigenvalue weighted by molar-refractivity contribution is 7.13. The van der Waals surface area contributed by atoms with Crippen molar-refractivity contribution in [2.75, 3.05) is 0 Å². The minimum atomic E-state index is -0.509. The number of aromatic nitrogens is 2. The molecule has 0 atom stereocenters. The molecular formula is C12H6ClFN2O2S. The quantitative estimate of drug-likeness (QED) is 0.777. The fourth-order valence-electron chi connectivity index (χ4n) is 1.53. The lowest BCUT2D eigenvalue weighted by atomic mass is 10.2. The van der Waals surface area contributed by atoms with Gasteiger partial charge in [-0.3, -0.25) is 0 Å². The van der Waals surface area contributed by atoms with Crippen molar-refractivity contribution in [3.8, 4) is 27.9 Å². The zero-order valence-corrected chi connectivity index (χ0v) is 10.9. The average Bonchev–Trinajstić information content (AvgIpc) is 3.01. The van der Waals surface area contributed by atoms with Crippen molar-refractivity contribution >= 4 is 22.9 Å². The second-order valence-electron chi connectivity index (χ2n) is 3.69. The third kappa shape index (κ3) is 2.20. The van der Waals surface area contributed by atoms with E-state index in [1.165, 1.54) is 29.5 Å². The summed E-state index contributed by atoms with van der Waals surface area (Å²) < 4.78 is 18.1. The molecule has 0 spiro atoms. The van der Waals surface area contributed by atoms with Crippen LogP contribution in [0.15, 0.2) is 34.2 Å². The average molecular weight is 297 g/mol. The van der Waals surface area contributed by atoms with Crippen molar-refractivity contribution < 1.29 is 14.0 Å². The smallest absolute Gasteiger partial charge is 0.272 e. The molecule has 0 saturated heterocycles. The molecule has 0 bridgehead atoms. The highest BCUT2D eigenvalue weighted by Crippen LogP contribution is 2.34. The van der Waals surface area contributed by atoms with E-state index in [0.29, 0.717) is 10.4 Å². The molecule has 1 aromatic carbocycles. The summed E-state index contributed by atoms with van der Waals surface area (Å²) in [5.41, 5.74) is 0.539. The Morgan fingerprint density at radius 3 is 2.84 bits per heavy atom. The molecule has 0 aliphatic carbocycles. The molecule has 0 fully saturated rings. The third-order valence-corrected chi connectivity index (χ3v) is 3.62. The summed E-state index contributed by atoms with van der Waals surface area (Å²) in [6, 6.07) is 5.69. The minimum absolute atomic E-state index is 0.0113. The summed E-state index contributed by atoms with van der Waals surface area (Å²) in [6.07, 6.45) is 0. The standard InChI is InChI=1S/C12H6ClFN2O2S/c13-7-5-6(1-2-8(7)14)11-15-12(18-16-11)10-9(17)3-4-19-10/h1-5,17H. The van der Waals surface area contributed by atoms with Crippen molar-refractivity contribution in [1.29, 1.82) is 0 Å². The predicted molar refractivity (Wildman–Crippen MR) is 69.7 cm³/mol. The van der Waals surface area contributed by atoms with Gasteiger partial charge in [0, 0.05) is 5.56 Å². The van der Waals surface area contributed by atoms with Crippen LogP contribution in [-0.4, -0.2) is 15.2 Å². The van der Waals surface area contributed by atoms with Crippen molar-refractivity contribution in [3.63, 3.8) is 0 Å². The van der Waals surface area contributed by atoms with Gasteiger partial charge in [0.15, 0.2) is 0 Å². The number of halogens is 2. The zero-order valence-electron chi connectivity index (χ0n) is 9.30. The van der Waals surface area contributed by atoms with Crippen LogP contribution in [0.1, 0.15) is 0 Å². The lowest BCUT2D eigenvalue weighted by Gasteiger charge is -1.96. The molecule has 0 saturated carbocycles. The van der Waals surface area contributed by atoms with Gasteiger partial charge in [0.1, 0.15) is 16.4 Å². The topological polar surface area (TPSA) is 59.2 Å². The number of benzene rings is 1. The Balaban J connectivity index is 2.01. The van der Waals surface area contributed by atoms with Crippen molar-refractivity contribution in [2.45, 2.75) is 0 Å². The molecular weight excluding hydrogens is 291 g/mol. The molecule has 0 amide bonds.